The third-order valence-corrected chi connectivity index (χ3v) is 3.17. The van der Waals surface area contributed by atoms with Crippen molar-refractivity contribution in [2.75, 3.05) is 5.32 Å². The van der Waals surface area contributed by atoms with E-state index in [0.29, 0.717) is 10.8 Å². The fourth-order valence-corrected chi connectivity index (χ4v) is 2.19. The third-order valence-electron chi connectivity index (χ3n) is 2.29. The first-order valence-electron chi connectivity index (χ1n) is 5.18. The monoisotopic (exact) mass is 279 g/mol. The number of hydrogen-bond donors (Lipinski definition) is 2. The lowest BCUT2D eigenvalue weighted by Gasteiger charge is -2.04. The van der Waals surface area contributed by atoms with E-state index in [0.717, 1.165) is 11.8 Å². The molecule has 0 unspecified atom stereocenters. The second-order valence-electron chi connectivity index (χ2n) is 3.71. The zero-order chi connectivity index (χ0) is 14.0. The van der Waals surface area contributed by atoms with Crippen molar-refractivity contribution in [1.29, 1.82) is 0 Å². The molecule has 1 heterocycles. The Morgan fingerprint density at radius 3 is 2.79 bits per heavy atom. The van der Waals surface area contributed by atoms with Crippen LogP contribution in [0.3, 0.4) is 0 Å². The number of aromatic carboxylic acids is 1. The molecule has 2 aromatic rings. The highest BCUT2D eigenvalue weighted by atomic mass is 32.1. The maximum absolute atomic E-state index is 11.0. The minimum atomic E-state index is -1.34. The molecule has 0 saturated carbocycles. The van der Waals surface area contributed by atoms with E-state index in [-0.39, 0.29) is 5.56 Å². The van der Waals surface area contributed by atoms with Gasteiger partial charge in [-0.3, -0.25) is 10.1 Å². The van der Waals surface area contributed by atoms with Crippen LogP contribution in [0.1, 0.15) is 16.1 Å². The van der Waals surface area contributed by atoms with Crippen LogP contribution in [0.4, 0.5) is 16.5 Å². The third kappa shape index (κ3) is 2.86. The van der Waals surface area contributed by atoms with Crippen molar-refractivity contribution in [3.8, 4) is 0 Å². The molecular weight excluding hydrogens is 270 g/mol. The van der Waals surface area contributed by atoms with Gasteiger partial charge < -0.3 is 10.4 Å². The van der Waals surface area contributed by atoms with Gasteiger partial charge >= 0.3 is 5.97 Å². The second-order valence-corrected chi connectivity index (χ2v) is 4.57. The van der Waals surface area contributed by atoms with Gasteiger partial charge in [0.1, 0.15) is 5.56 Å². The number of thiazole rings is 1. The van der Waals surface area contributed by atoms with Crippen molar-refractivity contribution in [3.63, 3.8) is 0 Å². The number of anilines is 2. The highest BCUT2D eigenvalue weighted by molar-refractivity contribution is 7.13. The van der Waals surface area contributed by atoms with Crippen molar-refractivity contribution in [2.45, 2.75) is 6.92 Å². The number of hydrogen-bond acceptors (Lipinski definition) is 6. The van der Waals surface area contributed by atoms with Crippen molar-refractivity contribution >= 4 is 33.8 Å². The van der Waals surface area contributed by atoms with Crippen LogP contribution in [0.2, 0.25) is 0 Å². The minimum Gasteiger partial charge on any atom is -0.477 e. The number of carboxylic acids is 1. The van der Waals surface area contributed by atoms with Crippen LogP contribution < -0.4 is 5.32 Å². The van der Waals surface area contributed by atoms with Gasteiger partial charge in [-0.2, -0.15) is 0 Å². The number of aryl methyl sites for hydroxylation is 1. The average molecular weight is 279 g/mol. The van der Waals surface area contributed by atoms with Gasteiger partial charge in [0.2, 0.25) is 0 Å². The normalized spacial score (nSPS) is 10.2. The van der Waals surface area contributed by atoms with Crippen LogP contribution in [0.5, 0.6) is 0 Å². The summed E-state index contributed by atoms with van der Waals surface area (Å²) in [5.41, 5.74) is 0.488. The quantitative estimate of drug-likeness (QED) is 0.658. The number of benzene rings is 1. The van der Waals surface area contributed by atoms with Crippen LogP contribution >= 0.6 is 11.3 Å². The van der Waals surface area contributed by atoms with Crippen LogP contribution in [0, 0.1) is 17.0 Å². The molecule has 98 valence electrons. The molecule has 0 fully saturated rings. The predicted octanol–water partition coefficient (Wildman–Crippen LogP) is 2.80. The molecule has 7 nitrogen and oxygen atoms in total. The van der Waals surface area contributed by atoms with Gasteiger partial charge in [-0.05, 0) is 19.1 Å². The van der Waals surface area contributed by atoms with Crippen molar-refractivity contribution < 1.29 is 14.8 Å². The summed E-state index contributed by atoms with van der Waals surface area (Å²) in [6, 6.07) is 3.82. The standard InChI is InChI=1S/C11H9N3O4S/c1-6-5-19-11(12-6)13-7-2-3-9(14(17)18)8(4-7)10(15)16/h2-5H,1H3,(H,12,13)(H,15,16). The highest BCUT2D eigenvalue weighted by Crippen LogP contribution is 2.26. The SMILES string of the molecule is Cc1csc(Nc2ccc([N+](=O)[O-])c(C(=O)O)c2)n1. The van der Waals surface area contributed by atoms with Crippen molar-refractivity contribution in [3.05, 3.63) is 45.0 Å². The molecule has 0 spiro atoms. The molecule has 2 rings (SSSR count). The first-order chi connectivity index (χ1) is 8.97. The lowest BCUT2D eigenvalue weighted by Crippen LogP contribution is -2.03. The number of carboxylic acid groups (broad SMARTS) is 1. The molecule has 19 heavy (non-hydrogen) atoms. The molecule has 1 aromatic carbocycles. The summed E-state index contributed by atoms with van der Waals surface area (Å²) in [6.45, 7) is 1.83. The number of nitro benzene ring substituents is 1. The van der Waals surface area contributed by atoms with E-state index in [1.54, 1.807) is 0 Å². The van der Waals surface area contributed by atoms with E-state index in [1.807, 2.05) is 12.3 Å². The van der Waals surface area contributed by atoms with Crippen LogP contribution in [-0.2, 0) is 0 Å². The van der Waals surface area contributed by atoms with E-state index in [2.05, 4.69) is 10.3 Å². The maximum Gasteiger partial charge on any atom is 0.342 e. The molecule has 0 saturated heterocycles. The second kappa shape index (κ2) is 5.02. The molecule has 8 heteroatoms. The van der Waals surface area contributed by atoms with Gasteiger partial charge in [-0.1, -0.05) is 0 Å². The highest BCUT2D eigenvalue weighted by Gasteiger charge is 2.20. The fourth-order valence-electron chi connectivity index (χ4n) is 1.48. The summed E-state index contributed by atoms with van der Waals surface area (Å²) in [7, 11) is 0. The number of carbonyl (C=O) groups is 1. The summed E-state index contributed by atoms with van der Waals surface area (Å²) in [5.74, 6) is -1.34. The number of nitrogens with zero attached hydrogens (tertiary/aromatic N) is 2. The summed E-state index contributed by atoms with van der Waals surface area (Å²) in [6.07, 6.45) is 0. The number of aromatic nitrogens is 1. The largest absolute Gasteiger partial charge is 0.477 e. The summed E-state index contributed by atoms with van der Waals surface area (Å²) in [4.78, 5) is 25.1. The number of rotatable bonds is 4. The van der Waals surface area contributed by atoms with Gasteiger partial charge in [-0.25, -0.2) is 9.78 Å². The first kappa shape index (κ1) is 13.0. The number of nitrogens with one attached hydrogen (secondary N) is 1. The Labute approximate surface area is 111 Å². The van der Waals surface area contributed by atoms with Crippen LogP contribution in [0.25, 0.3) is 0 Å². The van der Waals surface area contributed by atoms with Crippen LogP contribution in [0.15, 0.2) is 23.6 Å². The molecule has 1 aromatic heterocycles. The number of nitro groups is 1. The average Bonchev–Trinajstić information content (AvgIpc) is 2.74. The van der Waals surface area contributed by atoms with E-state index in [4.69, 9.17) is 5.11 Å². The molecule has 2 N–H and O–H groups in total. The fraction of sp³-hybridized carbons (Fsp3) is 0.0909. The lowest BCUT2D eigenvalue weighted by molar-refractivity contribution is -0.385. The molecule has 0 aliphatic carbocycles. The Morgan fingerprint density at radius 2 is 2.26 bits per heavy atom. The van der Waals surface area contributed by atoms with E-state index in [9.17, 15) is 14.9 Å². The summed E-state index contributed by atoms with van der Waals surface area (Å²) in [5, 5.41) is 25.0. The van der Waals surface area contributed by atoms with Crippen molar-refractivity contribution in [1.82, 2.24) is 4.98 Å². The van der Waals surface area contributed by atoms with E-state index < -0.39 is 16.6 Å². The zero-order valence-electron chi connectivity index (χ0n) is 9.78. The Morgan fingerprint density at radius 1 is 1.53 bits per heavy atom. The molecule has 0 bridgehead atoms. The van der Waals surface area contributed by atoms with Gasteiger partial charge in [-0.15, -0.1) is 11.3 Å². The zero-order valence-corrected chi connectivity index (χ0v) is 10.6. The maximum atomic E-state index is 11.0. The molecule has 0 atom stereocenters. The smallest absolute Gasteiger partial charge is 0.342 e. The molecular formula is C11H9N3O4S. The van der Waals surface area contributed by atoms with E-state index >= 15 is 0 Å². The van der Waals surface area contributed by atoms with Gasteiger partial charge in [0.25, 0.3) is 5.69 Å². The topological polar surface area (TPSA) is 105 Å². The Hall–Kier alpha value is -2.48. The summed E-state index contributed by atoms with van der Waals surface area (Å²) < 4.78 is 0. The minimum absolute atomic E-state index is 0.358. The predicted molar refractivity (Wildman–Crippen MR) is 70.2 cm³/mol. The Kier molecular flexibility index (Phi) is 3.43. The van der Waals surface area contributed by atoms with Gasteiger partial charge in [0, 0.05) is 17.1 Å². The van der Waals surface area contributed by atoms with Gasteiger partial charge in [0.15, 0.2) is 5.13 Å². The molecule has 0 radical (unpaired) electrons. The van der Waals surface area contributed by atoms with E-state index in [1.165, 1.54) is 23.5 Å². The molecule has 0 aliphatic heterocycles. The Bertz CT molecular complexity index is 653. The van der Waals surface area contributed by atoms with Crippen molar-refractivity contribution in [2.24, 2.45) is 0 Å². The van der Waals surface area contributed by atoms with Gasteiger partial charge in [0.05, 0.1) is 10.6 Å². The first-order valence-corrected chi connectivity index (χ1v) is 6.06. The van der Waals surface area contributed by atoms with Crippen LogP contribution in [-0.4, -0.2) is 21.0 Å². The lowest BCUT2D eigenvalue weighted by atomic mass is 10.1. The Balaban J connectivity index is 2.35. The summed E-state index contributed by atoms with van der Waals surface area (Å²) >= 11 is 1.37. The molecule has 0 aliphatic rings. The molecule has 0 amide bonds.